The molecule has 152 valence electrons. The van der Waals surface area contributed by atoms with E-state index in [0.717, 1.165) is 25.7 Å². The second-order valence-corrected chi connectivity index (χ2v) is 8.78. The summed E-state index contributed by atoms with van der Waals surface area (Å²) in [6, 6.07) is 15.8. The van der Waals surface area contributed by atoms with Crippen LogP contribution >= 0.6 is 0 Å². The van der Waals surface area contributed by atoms with Crippen molar-refractivity contribution in [1.29, 1.82) is 0 Å². The first-order chi connectivity index (χ1) is 13.9. The predicted octanol–water partition coefficient (Wildman–Crippen LogP) is 4.90. The summed E-state index contributed by atoms with van der Waals surface area (Å²) in [5, 5.41) is 0. The highest BCUT2D eigenvalue weighted by atomic mass is 16.5. The lowest BCUT2D eigenvalue weighted by molar-refractivity contribution is -0.0985. The summed E-state index contributed by atoms with van der Waals surface area (Å²) in [6.45, 7) is 7.56. The van der Waals surface area contributed by atoms with Gasteiger partial charge >= 0.3 is 0 Å². The van der Waals surface area contributed by atoms with E-state index < -0.39 is 0 Å². The maximum atomic E-state index is 12.8. The van der Waals surface area contributed by atoms with Gasteiger partial charge in [-0.05, 0) is 57.2 Å². The first-order valence-electron chi connectivity index (χ1n) is 10.5. The molecule has 0 bridgehead atoms. The largest absolute Gasteiger partial charge is 0.375 e. The van der Waals surface area contributed by atoms with Crippen LogP contribution in [0.5, 0.6) is 0 Å². The van der Waals surface area contributed by atoms with E-state index in [0.29, 0.717) is 24.3 Å². The van der Waals surface area contributed by atoms with Crippen LogP contribution in [0.3, 0.4) is 0 Å². The quantitative estimate of drug-likeness (QED) is 0.681. The number of aryl methyl sites for hydroxylation is 1. The zero-order chi connectivity index (χ0) is 20.6. The number of ether oxygens (including phenoxy) is 1. The van der Waals surface area contributed by atoms with Gasteiger partial charge in [0.05, 0.1) is 16.7 Å². The van der Waals surface area contributed by atoms with Crippen molar-refractivity contribution < 1.29 is 14.3 Å². The number of fused-ring (bicyclic) bond motifs is 1. The van der Waals surface area contributed by atoms with Crippen molar-refractivity contribution in [3.05, 3.63) is 70.8 Å². The smallest absolute Gasteiger partial charge is 0.261 e. The summed E-state index contributed by atoms with van der Waals surface area (Å²) in [7, 11) is 0. The Morgan fingerprint density at radius 1 is 1.00 bits per heavy atom. The van der Waals surface area contributed by atoms with E-state index in [1.54, 1.807) is 12.1 Å². The molecule has 2 aromatic rings. The average molecular weight is 392 g/mol. The Labute approximate surface area is 172 Å². The number of rotatable bonds is 5. The van der Waals surface area contributed by atoms with Gasteiger partial charge in [-0.15, -0.1) is 0 Å². The second kappa shape index (κ2) is 7.42. The van der Waals surface area contributed by atoms with E-state index in [1.807, 2.05) is 12.1 Å². The molecule has 1 saturated heterocycles. The standard InChI is InChI=1S/C25H29NO3/c1-4-24(3)17-25(14-16-29-24,19-11-9-18(2)10-12-19)13-15-26-22(27)20-7-5-6-8-21(20)23(26)28/h5-12H,4,13-17H2,1-3H3/t24-,25-/m0/s1. The fourth-order valence-corrected chi connectivity index (χ4v) is 4.85. The third kappa shape index (κ3) is 3.51. The number of hydrogen-bond donors (Lipinski definition) is 0. The molecule has 0 radical (unpaired) electrons. The van der Waals surface area contributed by atoms with Gasteiger partial charge in [0.15, 0.2) is 0 Å². The Balaban J connectivity index is 1.63. The van der Waals surface area contributed by atoms with Crippen LogP contribution in [0.1, 0.15) is 71.4 Å². The molecule has 2 amide bonds. The first-order valence-corrected chi connectivity index (χ1v) is 10.5. The van der Waals surface area contributed by atoms with Gasteiger partial charge in [-0.1, -0.05) is 48.9 Å². The van der Waals surface area contributed by atoms with Crippen molar-refractivity contribution in [3.63, 3.8) is 0 Å². The zero-order valence-corrected chi connectivity index (χ0v) is 17.5. The first kappa shape index (κ1) is 19.8. The molecule has 0 aromatic heterocycles. The minimum Gasteiger partial charge on any atom is -0.375 e. The lowest BCUT2D eigenvalue weighted by atomic mass is 9.66. The van der Waals surface area contributed by atoms with Gasteiger partial charge in [0.2, 0.25) is 0 Å². The molecule has 4 heteroatoms. The molecule has 2 heterocycles. The number of benzene rings is 2. The third-order valence-corrected chi connectivity index (χ3v) is 6.85. The lowest BCUT2D eigenvalue weighted by Gasteiger charge is -2.47. The molecule has 2 aromatic carbocycles. The second-order valence-electron chi connectivity index (χ2n) is 8.78. The fraction of sp³-hybridized carbons (Fsp3) is 0.440. The van der Waals surface area contributed by atoms with Crippen molar-refractivity contribution in [1.82, 2.24) is 4.90 Å². The minimum absolute atomic E-state index is 0.105. The van der Waals surface area contributed by atoms with Crippen molar-refractivity contribution in [3.8, 4) is 0 Å². The minimum atomic E-state index is -0.189. The predicted molar refractivity (Wildman–Crippen MR) is 113 cm³/mol. The Hall–Kier alpha value is -2.46. The third-order valence-electron chi connectivity index (χ3n) is 6.85. The summed E-state index contributed by atoms with van der Waals surface area (Å²) >= 11 is 0. The molecule has 2 atom stereocenters. The van der Waals surface area contributed by atoms with E-state index in [-0.39, 0.29) is 22.8 Å². The van der Waals surface area contributed by atoms with E-state index in [1.165, 1.54) is 16.0 Å². The van der Waals surface area contributed by atoms with Crippen molar-refractivity contribution in [2.24, 2.45) is 0 Å². The number of nitrogens with zero attached hydrogens (tertiary/aromatic N) is 1. The molecule has 0 spiro atoms. The Bertz CT molecular complexity index is 900. The zero-order valence-electron chi connectivity index (χ0n) is 17.5. The summed E-state index contributed by atoms with van der Waals surface area (Å²) in [5.74, 6) is -0.343. The number of amides is 2. The number of carbonyl (C=O) groups excluding carboxylic acids is 2. The fourth-order valence-electron chi connectivity index (χ4n) is 4.85. The Kier molecular flexibility index (Phi) is 5.07. The maximum Gasteiger partial charge on any atom is 0.261 e. The van der Waals surface area contributed by atoms with Gasteiger partial charge in [0.25, 0.3) is 11.8 Å². The van der Waals surface area contributed by atoms with Gasteiger partial charge < -0.3 is 4.74 Å². The Morgan fingerprint density at radius 3 is 2.21 bits per heavy atom. The van der Waals surface area contributed by atoms with Crippen LogP contribution in [0.4, 0.5) is 0 Å². The summed E-state index contributed by atoms with van der Waals surface area (Å²) < 4.78 is 6.13. The molecule has 29 heavy (non-hydrogen) atoms. The van der Waals surface area contributed by atoms with Crippen LogP contribution in [0, 0.1) is 6.92 Å². The molecular formula is C25H29NO3. The SMILES string of the molecule is CC[C@@]1(C)C[C@@](CCN2C(=O)c3ccccc3C2=O)(c2ccc(C)cc2)CCO1. The summed E-state index contributed by atoms with van der Waals surface area (Å²) in [5.41, 5.74) is 3.26. The highest BCUT2D eigenvalue weighted by molar-refractivity contribution is 6.21. The number of carbonyl (C=O) groups is 2. The van der Waals surface area contributed by atoms with Gasteiger partial charge in [-0.25, -0.2) is 0 Å². The van der Waals surface area contributed by atoms with Crippen LogP contribution < -0.4 is 0 Å². The van der Waals surface area contributed by atoms with E-state index >= 15 is 0 Å². The van der Waals surface area contributed by atoms with E-state index in [4.69, 9.17) is 4.74 Å². The van der Waals surface area contributed by atoms with Gasteiger partial charge in [-0.2, -0.15) is 0 Å². The highest BCUT2D eigenvalue weighted by Crippen LogP contribution is 2.45. The topological polar surface area (TPSA) is 46.6 Å². The van der Waals surface area contributed by atoms with Crippen LogP contribution in [0.25, 0.3) is 0 Å². The molecule has 0 aliphatic carbocycles. The van der Waals surface area contributed by atoms with Crippen molar-refractivity contribution in [2.75, 3.05) is 13.2 Å². The molecule has 0 saturated carbocycles. The van der Waals surface area contributed by atoms with Crippen LogP contribution in [0.2, 0.25) is 0 Å². The number of imide groups is 1. The molecule has 0 N–H and O–H groups in total. The number of hydrogen-bond acceptors (Lipinski definition) is 3. The monoisotopic (exact) mass is 391 g/mol. The molecule has 2 aliphatic heterocycles. The lowest BCUT2D eigenvalue weighted by Crippen LogP contribution is -2.47. The summed E-state index contributed by atoms with van der Waals surface area (Å²) in [6.07, 6.45) is 3.48. The molecular weight excluding hydrogens is 362 g/mol. The van der Waals surface area contributed by atoms with Crippen molar-refractivity contribution in [2.45, 2.75) is 57.5 Å². The molecule has 2 aliphatic rings. The normalized spacial score (nSPS) is 26.7. The summed E-state index contributed by atoms with van der Waals surface area (Å²) in [4.78, 5) is 27.1. The van der Waals surface area contributed by atoms with Gasteiger partial charge in [-0.3, -0.25) is 14.5 Å². The van der Waals surface area contributed by atoms with Crippen LogP contribution in [0.15, 0.2) is 48.5 Å². The molecule has 1 fully saturated rings. The van der Waals surface area contributed by atoms with E-state index in [2.05, 4.69) is 45.0 Å². The Morgan fingerprint density at radius 2 is 1.62 bits per heavy atom. The highest BCUT2D eigenvalue weighted by Gasteiger charge is 2.45. The molecule has 4 nitrogen and oxygen atoms in total. The molecule has 4 rings (SSSR count). The van der Waals surface area contributed by atoms with Gasteiger partial charge in [0.1, 0.15) is 0 Å². The van der Waals surface area contributed by atoms with Crippen LogP contribution in [-0.4, -0.2) is 35.5 Å². The van der Waals surface area contributed by atoms with Crippen LogP contribution in [-0.2, 0) is 10.2 Å². The average Bonchev–Trinajstić information content (AvgIpc) is 2.97. The molecule has 0 unspecified atom stereocenters. The maximum absolute atomic E-state index is 12.8. The van der Waals surface area contributed by atoms with E-state index in [9.17, 15) is 9.59 Å². The van der Waals surface area contributed by atoms with Gasteiger partial charge in [0, 0.05) is 18.6 Å². The van der Waals surface area contributed by atoms with Crippen molar-refractivity contribution >= 4 is 11.8 Å².